The Labute approximate surface area is 266 Å². The third kappa shape index (κ3) is 5.79. The van der Waals surface area contributed by atoms with Crippen molar-refractivity contribution in [2.45, 2.75) is 5.60 Å². The largest absolute Gasteiger partial charge is 0.468 e. The minimum atomic E-state index is -1.47. The van der Waals surface area contributed by atoms with Crippen molar-refractivity contribution in [2.75, 3.05) is 55.6 Å². The fourth-order valence-electron chi connectivity index (χ4n) is 5.74. The summed E-state index contributed by atoms with van der Waals surface area (Å²) in [5.41, 5.74) is 0.775. The van der Waals surface area contributed by atoms with Crippen molar-refractivity contribution in [3.8, 4) is 23.0 Å². The van der Waals surface area contributed by atoms with E-state index >= 15 is 0 Å². The number of ether oxygens (including phenoxy) is 9. The van der Waals surface area contributed by atoms with Gasteiger partial charge in [0.1, 0.15) is 23.0 Å². The second-order valence-corrected chi connectivity index (χ2v) is 10.5. The predicted molar refractivity (Wildman–Crippen MR) is 170 cm³/mol. The molecular formula is C36H34O10. The lowest BCUT2D eigenvalue weighted by atomic mass is 9.77. The maximum atomic E-state index is 13.7. The van der Waals surface area contributed by atoms with E-state index in [2.05, 4.69) is 0 Å². The van der Waals surface area contributed by atoms with E-state index in [-0.39, 0.29) is 27.2 Å². The molecule has 5 aromatic carbocycles. The van der Waals surface area contributed by atoms with Gasteiger partial charge in [0.2, 0.25) is 0 Å². The number of esters is 1. The Morgan fingerprint density at radius 3 is 1.50 bits per heavy atom. The molecule has 5 aromatic rings. The first kappa shape index (κ1) is 31.1. The summed E-state index contributed by atoms with van der Waals surface area (Å²) in [5, 5.41) is 3.41. The maximum Gasteiger partial charge on any atom is 0.340 e. The Kier molecular flexibility index (Phi) is 9.23. The fourth-order valence-corrected chi connectivity index (χ4v) is 5.74. The van der Waals surface area contributed by atoms with Crippen LogP contribution in [0.5, 0.6) is 23.0 Å². The second-order valence-electron chi connectivity index (χ2n) is 10.5. The van der Waals surface area contributed by atoms with Crippen molar-refractivity contribution in [1.29, 1.82) is 0 Å². The number of rotatable bonds is 14. The van der Waals surface area contributed by atoms with E-state index in [1.165, 1.54) is 0 Å². The number of carbonyl (C=O) groups excluding carboxylic acids is 1. The van der Waals surface area contributed by atoms with Crippen LogP contribution in [0.3, 0.4) is 0 Å². The average molecular weight is 627 g/mol. The van der Waals surface area contributed by atoms with Crippen LogP contribution in [0.1, 0.15) is 27.0 Å². The Morgan fingerprint density at radius 1 is 0.522 bits per heavy atom. The Balaban J connectivity index is 1.64. The van der Waals surface area contributed by atoms with Gasteiger partial charge < -0.3 is 42.6 Å². The highest BCUT2D eigenvalue weighted by molar-refractivity contribution is 5.98. The molecule has 46 heavy (non-hydrogen) atoms. The number of carbonyl (C=O) groups is 1. The summed E-state index contributed by atoms with van der Waals surface area (Å²) in [7, 11) is 6.22. The molecule has 0 saturated carbocycles. The highest BCUT2D eigenvalue weighted by atomic mass is 16.7. The second kappa shape index (κ2) is 13.6. The molecule has 0 radical (unpaired) electrons. The average Bonchev–Trinajstić information content (AvgIpc) is 3.39. The lowest BCUT2D eigenvalue weighted by Gasteiger charge is -2.33. The maximum absolute atomic E-state index is 13.7. The molecular weight excluding hydrogens is 592 g/mol. The van der Waals surface area contributed by atoms with Crippen LogP contribution in [-0.2, 0) is 29.3 Å². The zero-order chi connectivity index (χ0) is 32.1. The smallest absolute Gasteiger partial charge is 0.340 e. The first-order valence-electron chi connectivity index (χ1n) is 14.5. The number of fused-ring (bicyclic) bond motifs is 3. The number of cyclic esters (lactones) is 1. The van der Waals surface area contributed by atoms with Crippen LogP contribution < -0.4 is 18.9 Å². The van der Waals surface area contributed by atoms with E-state index in [1.54, 1.807) is 34.5 Å². The molecule has 0 atom stereocenters. The van der Waals surface area contributed by atoms with Gasteiger partial charge >= 0.3 is 5.97 Å². The number of hydrogen-bond donors (Lipinski definition) is 0. The topological polar surface area (TPSA) is 100 Å². The molecule has 0 unspecified atom stereocenters. The number of benzene rings is 5. The molecule has 10 nitrogen and oxygen atoms in total. The van der Waals surface area contributed by atoms with E-state index in [1.807, 2.05) is 78.9 Å². The molecule has 6 rings (SSSR count). The number of methoxy groups -OCH3 is 4. The predicted octanol–water partition coefficient (Wildman–Crippen LogP) is 6.39. The van der Waals surface area contributed by atoms with Gasteiger partial charge in [0, 0.05) is 45.1 Å². The molecule has 0 aliphatic carbocycles. The van der Waals surface area contributed by atoms with Crippen molar-refractivity contribution < 1.29 is 47.4 Å². The van der Waals surface area contributed by atoms with Gasteiger partial charge in [-0.2, -0.15) is 0 Å². The normalized spacial score (nSPS) is 13.4. The summed E-state index contributed by atoms with van der Waals surface area (Å²) in [6, 6.07) is 26.4. The minimum Gasteiger partial charge on any atom is -0.468 e. The Hall–Kier alpha value is -4.87. The quantitative estimate of drug-likeness (QED) is 0.102. The molecule has 1 aliphatic rings. The standard InChI is InChI=1S/C36H34O10/c1-38-19-42-27-11-9-23-15-31(33(44-21-40-3)17-25(23)13-27)36(30-8-6-5-7-29(30)35(37)46-36)32-16-24-10-12-28(43-20-39-2)14-26(24)18-34(32)45-22-41-4/h5-18H,19-22H2,1-4H3. The van der Waals surface area contributed by atoms with Crippen LogP contribution in [0, 0.1) is 0 Å². The SMILES string of the molecule is COCOc1ccc2cc(C3(c4cc5ccc(OCOC)cc5cc4OCOC)OC(=O)c4ccccc43)c(OCOC)cc2c1. The van der Waals surface area contributed by atoms with Crippen LogP contribution in [0.2, 0.25) is 0 Å². The zero-order valence-corrected chi connectivity index (χ0v) is 26.0. The fraction of sp³-hybridized carbons (Fsp3) is 0.250. The molecule has 10 heteroatoms. The van der Waals surface area contributed by atoms with E-state index in [9.17, 15) is 4.79 Å². The van der Waals surface area contributed by atoms with Gasteiger partial charge in [-0.3, -0.25) is 0 Å². The Morgan fingerprint density at radius 2 is 1.00 bits per heavy atom. The summed E-state index contributed by atoms with van der Waals surface area (Å²) in [5.74, 6) is 1.68. The van der Waals surface area contributed by atoms with E-state index in [0.29, 0.717) is 45.3 Å². The van der Waals surface area contributed by atoms with Gasteiger partial charge in [-0.1, -0.05) is 30.3 Å². The van der Waals surface area contributed by atoms with Crippen LogP contribution >= 0.6 is 0 Å². The van der Waals surface area contributed by atoms with E-state index < -0.39 is 11.6 Å². The molecule has 1 aliphatic heterocycles. The van der Waals surface area contributed by atoms with Gasteiger partial charge in [0.05, 0.1) is 5.56 Å². The van der Waals surface area contributed by atoms with E-state index in [0.717, 1.165) is 21.5 Å². The molecule has 0 aromatic heterocycles. The highest BCUT2D eigenvalue weighted by Crippen LogP contribution is 2.54. The lowest BCUT2D eigenvalue weighted by molar-refractivity contribution is 0.0173. The summed E-state index contributed by atoms with van der Waals surface area (Å²) >= 11 is 0. The van der Waals surface area contributed by atoms with Gasteiger partial charge in [-0.15, -0.1) is 0 Å². The highest BCUT2D eigenvalue weighted by Gasteiger charge is 2.52. The zero-order valence-electron chi connectivity index (χ0n) is 26.0. The van der Waals surface area contributed by atoms with Gasteiger partial charge in [0.25, 0.3) is 0 Å². The molecule has 0 N–H and O–H groups in total. The summed E-state index contributed by atoms with van der Waals surface area (Å²) in [6.45, 7) is 0.134. The monoisotopic (exact) mass is 626 g/mol. The van der Waals surface area contributed by atoms with Gasteiger partial charge in [-0.05, 0) is 76.1 Å². The first-order valence-corrected chi connectivity index (χ1v) is 14.5. The molecule has 0 saturated heterocycles. The van der Waals surface area contributed by atoms with E-state index in [4.69, 9.17) is 42.6 Å². The first-order chi connectivity index (χ1) is 22.5. The van der Waals surface area contributed by atoms with Crippen molar-refractivity contribution in [2.24, 2.45) is 0 Å². The molecule has 0 spiro atoms. The third-order valence-electron chi connectivity index (χ3n) is 7.70. The van der Waals surface area contributed by atoms with Crippen LogP contribution in [-0.4, -0.2) is 61.6 Å². The summed E-state index contributed by atoms with van der Waals surface area (Å²) in [4.78, 5) is 13.7. The summed E-state index contributed by atoms with van der Waals surface area (Å²) in [6.07, 6.45) is 0. The van der Waals surface area contributed by atoms with Crippen molar-refractivity contribution >= 4 is 27.5 Å². The van der Waals surface area contributed by atoms with Gasteiger partial charge in [-0.25, -0.2) is 4.79 Å². The van der Waals surface area contributed by atoms with Crippen molar-refractivity contribution in [1.82, 2.24) is 0 Å². The van der Waals surface area contributed by atoms with Crippen molar-refractivity contribution in [3.63, 3.8) is 0 Å². The Bertz CT molecular complexity index is 1760. The molecule has 0 amide bonds. The van der Waals surface area contributed by atoms with Crippen molar-refractivity contribution in [3.05, 3.63) is 107 Å². The molecule has 1 heterocycles. The number of hydrogen-bond acceptors (Lipinski definition) is 10. The summed E-state index contributed by atoms with van der Waals surface area (Å²) < 4.78 is 51.1. The third-order valence-corrected chi connectivity index (χ3v) is 7.70. The van der Waals surface area contributed by atoms with Crippen LogP contribution in [0.25, 0.3) is 21.5 Å². The molecule has 238 valence electrons. The van der Waals surface area contributed by atoms with Crippen LogP contribution in [0.4, 0.5) is 0 Å². The molecule has 0 fully saturated rings. The van der Waals surface area contributed by atoms with Crippen LogP contribution in [0.15, 0.2) is 84.9 Å². The molecule has 0 bridgehead atoms. The lowest BCUT2D eigenvalue weighted by Crippen LogP contribution is -2.31. The van der Waals surface area contributed by atoms with Gasteiger partial charge in [0.15, 0.2) is 32.8 Å². The minimum absolute atomic E-state index is 0.0426.